The molecule has 0 bridgehead atoms. The van der Waals surface area contributed by atoms with Gasteiger partial charge in [0.05, 0.1) is 13.2 Å². The Balaban J connectivity index is 0.00000242. The molecule has 0 aliphatic heterocycles. The second kappa shape index (κ2) is 9.96. The van der Waals surface area contributed by atoms with Crippen molar-refractivity contribution in [1.82, 2.24) is 0 Å². The van der Waals surface area contributed by atoms with Crippen LogP contribution in [-0.2, 0) is 0 Å². The summed E-state index contributed by atoms with van der Waals surface area (Å²) in [5.74, 6) is 1.82. The maximum absolute atomic E-state index is 5.68. The molecule has 0 heterocycles. The molecule has 0 aliphatic carbocycles. The third kappa shape index (κ3) is 6.72. The van der Waals surface area contributed by atoms with Crippen LogP contribution >= 0.6 is 12.4 Å². The number of nitrogen functional groups attached to an aromatic ring is 1. The van der Waals surface area contributed by atoms with Gasteiger partial charge in [-0.05, 0) is 62.6 Å². The Morgan fingerprint density at radius 2 is 1.18 bits per heavy atom. The average Bonchev–Trinajstić information content (AvgIpc) is 2.50. The monoisotopic (exact) mass is 321 g/mol. The van der Waals surface area contributed by atoms with Crippen LogP contribution in [0.1, 0.15) is 24.8 Å². The van der Waals surface area contributed by atoms with E-state index in [1.165, 1.54) is 5.56 Å². The number of hydrogen-bond donors (Lipinski definition) is 1. The Morgan fingerprint density at radius 3 is 1.68 bits per heavy atom. The highest BCUT2D eigenvalue weighted by atomic mass is 35.5. The van der Waals surface area contributed by atoms with Crippen molar-refractivity contribution in [1.29, 1.82) is 0 Å². The number of benzene rings is 2. The molecule has 22 heavy (non-hydrogen) atoms. The lowest BCUT2D eigenvalue weighted by molar-refractivity contribution is 0.279. The number of rotatable bonds is 8. The third-order valence-corrected chi connectivity index (χ3v) is 3.23. The van der Waals surface area contributed by atoms with Crippen LogP contribution < -0.4 is 15.2 Å². The number of nitrogens with two attached hydrogens (primary N) is 1. The number of unbranched alkanes of at least 4 members (excludes halogenated alkanes) is 2. The molecule has 2 rings (SSSR count). The molecule has 0 saturated carbocycles. The molecule has 0 fully saturated rings. The molecule has 2 N–H and O–H groups in total. The van der Waals surface area contributed by atoms with Crippen LogP contribution in [0.15, 0.2) is 48.5 Å². The predicted octanol–water partition coefficient (Wildman–Crippen LogP) is 4.63. The van der Waals surface area contributed by atoms with Gasteiger partial charge in [0.25, 0.3) is 0 Å². The van der Waals surface area contributed by atoms with E-state index < -0.39 is 0 Å². The fraction of sp³-hybridized carbons (Fsp3) is 0.333. The van der Waals surface area contributed by atoms with Gasteiger partial charge >= 0.3 is 0 Å². The topological polar surface area (TPSA) is 44.5 Å². The lowest BCUT2D eigenvalue weighted by atomic mass is 10.2. The van der Waals surface area contributed by atoms with E-state index in [9.17, 15) is 0 Å². The molecule has 0 spiro atoms. The zero-order chi connectivity index (χ0) is 14.9. The molecule has 0 amide bonds. The van der Waals surface area contributed by atoms with Crippen LogP contribution in [0.3, 0.4) is 0 Å². The third-order valence-electron chi connectivity index (χ3n) is 3.23. The first kappa shape index (κ1) is 18.2. The van der Waals surface area contributed by atoms with Gasteiger partial charge in [0.2, 0.25) is 0 Å². The second-order valence-electron chi connectivity index (χ2n) is 5.14. The highest BCUT2D eigenvalue weighted by Gasteiger charge is 1.96. The van der Waals surface area contributed by atoms with Crippen LogP contribution in [-0.4, -0.2) is 13.2 Å². The van der Waals surface area contributed by atoms with E-state index in [1.807, 2.05) is 36.4 Å². The normalized spacial score (nSPS) is 9.86. The van der Waals surface area contributed by atoms with Crippen molar-refractivity contribution >= 4 is 18.1 Å². The van der Waals surface area contributed by atoms with Crippen LogP contribution in [0.5, 0.6) is 11.5 Å². The summed E-state index contributed by atoms with van der Waals surface area (Å²) < 4.78 is 11.3. The predicted molar refractivity (Wildman–Crippen MR) is 94.1 cm³/mol. The van der Waals surface area contributed by atoms with Gasteiger partial charge in [0, 0.05) is 5.69 Å². The largest absolute Gasteiger partial charge is 0.494 e. The summed E-state index contributed by atoms with van der Waals surface area (Å²) in [7, 11) is 0. The van der Waals surface area contributed by atoms with Gasteiger partial charge < -0.3 is 15.2 Å². The lowest BCUT2D eigenvalue weighted by Gasteiger charge is -2.08. The van der Waals surface area contributed by atoms with E-state index in [2.05, 4.69) is 19.1 Å². The zero-order valence-corrected chi connectivity index (χ0v) is 13.8. The van der Waals surface area contributed by atoms with Gasteiger partial charge in [-0.3, -0.25) is 0 Å². The van der Waals surface area contributed by atoms with E-state index in [0.717, 1.165) is 49.7 Å². The summed E-state index contributed by atoms with van der Waals surface area (Å²) >= 11 is 0. The molecule has 3 nitrogen and oxygen atoms in total. The fourth-order valence-corrected chi connectivity index (χ4v) is 1.96. The van der Waals surface area contributed by atoms with Gasteiger partial charge in [-0.2, -0.15) is 0 Å². The van der Waals surface area contributed by atoms with Crippen molar-refractivity contribution in [3.8, 4) is 11.5 Å². The van der Waals surface area contributed by atoms with E-state index >= 15 is 0 Å². The molecule has 0 saturated heterocycles. The first-order valence-corrected chi connectivity index (χ1v) is 7.42. The molecular formula is C18H24ClNO2. The molecule has 2 aromatic carbocycles. The highest BCUT2D eigenvalue weighted by Crippen LogP contribution is 2.14. The van der Waals surface area contributed by atoms with E-state index in [4.69, 9.17) is 15.2 Å². The zero-order valence-electron chi connectivity index (χ0n) is 13.0. The van der Waals surface area contributed by atoms with Crippen LogP contribution in [0.25, 0.3) is 0 Å². The van der Waals surface area contributed by atoms with Crippen molar-refractivity contribution in [2.45, 2.75) is 26.2 Å². The highest BCUT2D eigenvalue weighted by molar-refractivity contribution is 5.85. The molecule has 0 atom stereocenters. The van der Waals surface area contributed by atoms with Gasteiger partial charge in [-0.1, -0.05) is 17.7 Å². The van der Waals surface area contributed by atoms with Crippen LogP contribution in [0, 0.1) is 6.92 Å². The van der Waals surface area contributed by atoms with Crippen molar-refractivity contribution in [3.63, 3.8) is 0 Å². The van der Waals surface area contributed by atoms with Gasteiger partial charge in [0.15, 0.2) is 0 Å². The first-order chi connectivity index (χ1) is 10.2. The van der Waals surface area contributed by atoms with Gasteiger partial charge in [0.1, 0.15) is 11.5 Å². The molecule has 2 aromatic rings. The Hall–Kier alpha value is -1.87. The molecule has 4 heteroatoms. The summed E-state index contributed by atoms with van der Waals surface area (Å²) in [6.07, 6.45) is 3.17. The Morgan fingerprint density at radius 1 is 0.727 bits per heavy atom. The number of aryl methyl sites for hydroxylation is 1. The molecule has 0 unspecified atom stereocenters. The lowest BCUT2D eigenvalue weighted by Crippen LogP contribution is -2.01. The standard InChI is InChI=1S/C18H23NO2.ClH/c1-15-5-9-17(10-6-15)20-13-3-2-4-14-21-18-11-7-16(19)8-12-18;/h5-12H,2-4,13-14,19H2,1H3;1H. The molecule has 120 valence electrons. The number of halogens is 1. The van der Waals surface area contributed by atoms with E-state index in [0.29, 0.717) is 0 Å². The van der Waals surface area contributed by atoms with Crippen LogP contribution in [0.4, 0.5) is 5.69 Å². The summed E-state index contributed by atoms with van der Waals surface area (Å²) in [6, 6.07) is 15.7. The fourth-order valence-electron chi connectivity index (χ4n) is 1.96. The number of ether oxygens (including phenoxy) is 2. The van der Waals surface area contributed by atoms with Crippen molar-refractivity contribution in [2.24, 2.45) is 0 Å². The SMILES string of the molecule is Cc1ccc(OCCCCCOc2ccc(N)cc2)cc1.Cl. The van der Waals surface area contributed by atoms with Crippen LogP contribution in [0.2, 0.25) is 0 Å². The first-order valence-electron chi connectivity index (χ1n) is 7.42. The Labute approximate surface area is 138 Å². The average molecular weight is 322 g/mol. The smallest absolute Gasteiger partial charge is 0.119 e. The maximum atomic E-state index is 5.68. The second-order valence-corrected chi connectivity index (χ2v) is 5.14. The summed E-state index contributed by atoms with van der Waals surface area (Å²) in [5, 5.41) is 0. The minimum Gasteiger partial charge on any atom is -0.494 e. The minimum atomic E-state index is 0. The molecule has 0 aliphatic rings. The van der Waals surface area contributed by atoms with Gasteiger partial charge in [-0.15, -0.1) is 12.4 Å². The Kier molecular flexibility index (Phi) is 8.23. The quantitative estimate of drug-likeness (QED) is 0.569. The molecule has 0 radical (unpaired) electrons. The Bertz CT molecular complexity index is 476. The summed E-state index contributed by atoms with van der Waals surface area (Å²) in [4.78, 5) is 0. The molecule has 0 aromatic heterocycles. The van der Waals surface area contributed by atoms with E-state index in [1.54, 1.807) is 0 Å². The minimum absolute atomic E-state index is 0. The summed E-state index contributed by atoms with van der Waals surface area (Å²) in [6.45, 7) is 3.56. The number of hydrogen-bond acceptors (Lipinski definition) is 3. The van der Waals surface area contributed by atoms with Crippen molar-refractivity contribution in [3.05, 3.63) is 54.1 Å². The van der Waals surface area contributed by atoms with Gasteiger partial charge in [-0.25, -0.2) is 0 Å². The van der Waals surface area contributed by atoms with Crippen molar-refractivity contribution in [2.75, 3.05) is 18.9 Å². The summed E-state index contributed by atoms with van der Waals surface area (Å²) in [5.41, 5.74) is 7.63. The number of anilines is 1. The van der Waals surface area contributed by atoms with Crippen molar-refractivity contribution < 1.29 is 9.47 Å². The maximum Gasteiger partial charge on any atom is 0.119 e. The van der Waals surface area contributed by atoms with E-state index in [-0.39, 0.29) is 12.4 Å². The molecular weight excluding hydrogens is 298 g/mol.